The fourth-order valence-electron chi connectivity index (χ4n) is 9.61. The van der Waals surface area contributed by atoms with E-state index in [-0.39, 0.29) is 35.5 Å². The summed E-state index contributed by atoms with van der Waals surface area (Å²) in [7, 11) is 0. The third-order valence-electron chi connectivity index (χ3n) is 13.7. The van der Waals surface area contributed by atoms with Crippen molar-refractivity contribution in [3.63, 3.8) is 0 Å². The summed E-state index contributed by atoms with van der Waals surface area (Å²) < 4.78 is 17.9. The van der Waals surface area contributed by atoms with Crippen LogP contribution < -0.4 is 4.74 Å². The second-order valence-electron chi connectivity index (χ2n) is 18.7. The summed E-state index contributed by atoms with van der Waals surface area (Å²) in [6.45, 7) is -0.0140. The second-order valence-corrected chi connectivity index (χ2v) is 19.3. The Morgan fingerprint density at radius 1 is 0.375 bits per heavy atom. The monoisotopic (exact) mass is 1110 g/mol. The minimum absolute atomic E-state index is 0.0140. The zero-order valence-corrected chi connectivity index (χ0v) is 45.0. The Hall–Kier alpha value is -9.83. The van der Waals surface area contributed by atoms with Gasteiger partial charge < -0.3 is 23.8 Å². The third kappa shape index (κ3) is 12.3. The van der Waals surface area contributed by atoms with Crippen molar-refractivity contribution >= 4 is 87.5 Å². The smallest absolute Gasteiger partial charge is 0.200 e. The number of carbonyl (C=O) groups excluding carboxylic acids is 3. The summed E-state index contributed by atoms with van der Waals surface area (Å²) in [6.07, 6.45) is 4.79. The number of ether oxygens (including phenoxy) is 1. The van der Waals surface area contributed by atoms with Gasteiger partial charge in [0, 0.05) is 71.9 Å². The van der Waals surface area contributed by atoms with Crippen LogP contribution in [-0.2, 0) is 6.42 Å². The Morgan fingerprint density at radius 2 is 0.775 bits per heavy atom. The molecule has 13 rings (SSSR count). The van der Waals surface area contributed by atoms with Crippen molar-refractivity contribution < 1.29 is 38.2 Å². The van der Waals surface area contributed by atoms with Crippen LogP contribution in [-0.4, -0.2) is 39.5 Å². The van der Waals surface area contributed by atoms with Crippen molar-refractivity contribution in [3.8, 4) is 39.5 Å². The highest BCUT2D eigenvalue weighted by atomic mass is 79.9. The zero-order valence-electron chi connectivity index (χ0n) is 43.4. The van der Waals surface area contributed by atoms with E-state index in [0.29, 0.717) is 40.3 Å². The molecule has 0 aliphatic carbocycles. The molecule has 0 saturated heterocycles. The van der Waals surface area contributed by atoms with Crippen molar-refractivity contribution in [1.82, 2.24) is 0 Å². The van der Waals surface area contributed by atoms with Gasteiger partial charge >= 0.3 is 0 Å². The molecule has 0 amide bonds. The van der Waals surface area contributed by atoms with Crippen LogP contribution in [0.5, 0.6) is 17.2 Å². The Balaban J connectivity index is 0.000000132. The van der Waals surface area contributed by atoms with Crippen LogP contribution in [0.25, 0.3) is 76.5 Å². The quantitative estimate of drug-likeness (QED) is 0.0915. The summed E-state index contributed by atoms with van der Waals surface area (Å²) in [5, 5.41) is 26.9. The van der Waals surface area contributed by atoms with Gasteiger partial charge in [-0.25, -0.2) is 0 Å². The minimum atomic E-state index is -0.0581. The molecule has 80 heavy (non-hydrogen) atoms. The van der Waals surface area contributed by atoms with Gasteiger partial charge in [0.2, 0.25) is 0 Å². The summed E-state index contributed by atoms with van der Waals surface area (Å²) in [5.41, 5.74) is 9.57. The van der Waals surface area contributed by atoms with Gasteiger partial charge in [-0.15, -0.1) is 0 Å². The number of alkyl halides is 1. The van der Waals surface area contributed by atoms with E-state index in [4.69, 9.17) is 13.6 Å². The molecule has 2 N–H and O–H groups in total. The number of ketones is 3. The first-order valence-electron chi connectivity index (χ1n) is 26.0. The van der Waals surface area contributed by atoms with E-state index in [9.17, 15) is 24.6 Å². The number of hydrogen-bond donors (Lipinski definition) is 2. The molecule has 13 aromatic rings. The number of phenolic OH excluding ortho intramolecular Hbond substituents is 2. The molecule has 0 saturated carbocycles. The lowest BCUT2D eigenvalue weighted by Crippen LogP contribution is -2.11. The van der Waals surface area contributed by atoms with Crippen molar-refractivity contribution in [2.45, 2.75) is 12.8 Å². The van der Waals surface area contributed by atoms with E-state index in [1.807, 2.05) is 164 Å². The predicted molar refractivity (Wildman–Crippen MR) is 326 cm³/mol. The van der Waals surface area contributed by atoms with Gasteiger partial charge in [0.1, 0.15) is 28.4 Å². The molecular weight excluding hydrogens is 1060 g/mol. The lowest BCUT2D eigenvalue weighted by atomic mass is 9.97. The minimum Gasteiger partial charge on any atom is -0.507 e. The number of aromatic hydroxyl groups is 2. The molecule has 392 valence electrons. The van der Waals surface area contributed by atoms with E-state index < -0.39 is 0 Å². The maximum atomic E-state index is 12.5. The highest BCUT2D eigenvalue weighted by molar-refractivity contribution is 9.09. The van der Waals surface area contributed by atoms with Crippen molar-refractivity contribution in [2.75, 3.05) is 11.9 Å². The molecule has 0 aliphatic heterocycles. The van der Waals surface area contributed by atoms with Crippen LogP contribution in [0.15, 0.2) is 270 Å². The van der Waals surface area contributed by atoms with E-state index in [0.717, 1.165) is 82.4 Å². The predicted octanol–water partition coefficient (Wildman–Crippen LogP) is 18.1. The van der Waals surface area contributed by atoms with E-state index in [2.05, 4.69) is 64.5 Å². The summed E-state index contributed by atoms with van der Waals surface area (Å²) in [6, 6.07) is 78.9. The van der Waals surface area contributed by atoms with Crippen LogP contribution >= 0.6 is 15.9 Å². The van der Waals surface area contributed by atoms with Crippen molar-refractivity contribution in [1.29, 1.82) is 0 Å². The van der Waals surface area contributed by atoms with Crippen LogP contribution in [0.4, 0.5) is 0 Å². The van der Waals surface area contributed by atoms with E-state index >= 15 is 0 Å². The maximum Gasteiger partial charge on any atom is 0.200 e. The molecule has 2 heterocycles. The SMILES string of the molecule is O=C(CBr)c1ccccc1.O=C(CCc1cccc2c(OCC(=O)c3ccccc3)cccc12)c1ccccc1.Oc1cccc2c(O)cccc12.c1ccc(-c2coc3c2ccc2c3ccc3c(-c4ccccc4)coc32)cc1. The topological polar surface area (TPSA) is 127 Å². The zero-order chi connectivity index (χ0) is 55.2. The van der Waals surface area contributed by atoms with E-state index in [1.165, 1.54) is 0 Å². The molecule has 0 bridgehead atoms. The van der Waals surface area contributed by atoms with Crippen LogP contribution in [0.2, 0.25) is 0 Å². The standard InChI is InChI=1S/C27H22O3.C26H16O2.C10H8O2.C8H7BrO/c28-25(21-9-3-1-4-10-21)18-17-20-13-7-15-24-23(20)14-8-16-27(24)30-19-26(29)22-11-5-2-6-12-22;1-3-7-17(8-4-1)23-15-27-25-19-12-14-22-24(18-9-5-2-6-10-18)16-28-26(22)20(19)11-13-21(23)25;11-9-5-1-3-7-8(9)4-2-6-10(7)12;9-6-8(10)7-4-2-1-3-5-7/h1-16H,17-19H2;1-16H;1-6,11-12H;1-5H,6H2. The largest absolute Gasteiger partial charge is 0.507 e. The molecule has 9 heteroatoms. The molecule has 2 aromatic heterocycles. The average Bonchev–Trinajstić information content (AvgIpc) is 4.29. The van der Waals surface area contributed by atoms with Gasteiger partial charge in [-0.3, -0.25) is 14.4 Å². The number of phenols is 2. The molecule has 0 aliphatic rings. The van der Waals surface area contributed by atoms with Gasteiger partial charge in [-0.1, -0.05) is 222 Å². The Kier molecular flexibility index (Phi) is 17.1. The fraction of sp³-hybridized carbons (Fsp3) is 0.0563. The van der Waals surface area contributed by atoms with Crippen LogP contribution in [0, 0.1) is 0 Å². The average molecular weight is 1110 g/mol. The molecule has 11 aromatic carbocycles. The highest BCUT2D eigenvalue weighted by Crippen LogP contribution is 2.40. The van der Waals surface area contributed by atoms with Gasteiger partial charge in [0.25, 0.3) is 0 Å². The molecular formula is C71H53BrO8. The first-order valence-corrected chi connectivity index (χ1v) is 27.2. The molecule has 0 unspecified atom stereocenters. The first kappa shape index (κ1) is 53.6. The Labute approximate surface area is 470 Å². The van der Waals surface area contributed by atoms with E-state index in [1.54, 1.807) is 48.5 Å². The van der Waals surface area contributed by atoms with Gasteiger partial charge in [0.15, 0.2) is 24.0 Å². The Morgan fingerprint density at radius 3 is 1.26 bits per heavy atom. The van der Waals surface area contributed by atoms with Crippen molar-refractivity contribution in [2.24, 2.45) is 0 Å². The van der Waals surface area contributed by atoms with Crippen molar-refractivity contribution in [3.05, 3.63) is 284 Å². The number of rotatable bonds is 12. The van der Waals surface area contributed by atoms with Crippen LogP contribution in [0.3, 0.4) is 0 Å². The number of hydrogen-bond acceptors (Lipinski definition) is 8. The van der Waals surface area contributed by atoms with Gasteiger partial charge in [-0.05, 0) is 71.0 Å². The lowest BCUT2D eigenvalue weighted by Gasteiger charge is -2.12. The number of carbonyl (C=O) groups is 3. The maximum absolute atomic E-state index is 12.5. The fourth-order valence-corrected chi connectivity index (χ4v) is 9.93. The third-order valence-corrected chi connectivity index (χ3v) is 14.2. The summed E-state index contributed by atoms with van der Waals surface area (Å²) >= 11 is 3.10. The Bertz CT molecular complexity index is 3980. The number of Topliss-reactive ketones (excluding diaryl/α,β-unsaturated/α-hetero) is 3. The number of furan rings is 2. The molecule has 0 fully saturated rings. The normalized spacial score (nSPS) is 10.8. The number of fused-ring (bicyclic) bond motifs is 7. The molecule has 0 spiro atoms. The lowest BCUT2D eigenvalue weighted by molar-refractivity contribution is 0.0921. The number of benzene rings is 11. The number of aryl methyl sites for hydroxylation is 1. The molecule has 0 radical (unpaired) electrons. The number of halogens is 1. The summed E-state index contributed by atoms with van der Waals surface area (Å²) in [4.78, 5) is 35.8. The molecule has 8 nitrogen and oxygen atoms in total. The van der Waals surface area contributed by atoms with Gasteiger partial charge in [-0.2, -0.15) is 0 Å². The van der Waals surface area contributed by atoms with Crippen LogP contribution in [0.1, 0.15) is 43.1 Å². The molecule has 0 atom stereocenters. The summed E-state index contributed by atoms with van der Waals surface area (Å²) in [5.74, 6) is 1.27. The van der Waals surface area contributed by atoms with Gasteiger partial charge in [0.05, 0.1) is 17.9 Å². The first-order chi connectivity index (χ1) is 39.2. The highest BCUT2D eigenvalue weighted by Gasteiger charge is 2.17. The second kappa shape index (κ2) is 25.5.